The fourth-order valence-corrected chi connectivity index (χ4v) is 2.72. The van der Waals surface area contributed by atoms with E-state index in [-0.39, 0.29) is 12.3 Å². The molecule has 25 heavy (non-hydrogen) atoms. The van der Waals surface area contributed by atoms with Crippen LogP contribution in [0.25, 0.3) is 5.69 Å². The molecule has 8 heteroatoms. The third-order valence-electron chi connectivity index (χ3n) is 3.74. The van der Waals surface area contributed by atoms with Gasteiger partial charge in [-0.1, -0.05) is 23.7 Å². The lowest BCUT2D eigenvalue weighted by atomic mass is 10.1. The lowest BCUT2D eigenvalue weighted by Gasteiger charge is -2.14. The number of methoxy groups -OCH3 is 1. The highest BCUT2D eigenvalue weighted by molar-refractivity contribution is 6.32. The standard InChI is InChI=1S/C17H17ClN4O3/c1-11-7-8-16(13(18)9-11)25-10-12-14(5-4-6-15(12)24-3)22-17(23)21(2)19-20-22/h4-9H,10H2,1-3H3. The largest absolute Gasteiger partial charge is 0.496 e. The van der Waals surface area contributed by atoms with Gasteiger partial charge in [0.05, 0.1) is 23.4 Å². The third kappa shape index (κ3) is 3.36. The summed E-state index contributed by atoms with van der Waals surface area (Å²) >= 11 is 6.22. The summed E-state index contributed by atoms with van der Waals surface area (Å²) in [4.78, 5) is 12.2. The second kappa shape index (κ2) is 6.98. The summed E-state index contributed by atoms with van der Waals surface area (Å²) in [6.07, 6.45) is 0. The van der Waals surface area contributed by atoms with Crippen molar-refractivity contribution in [3.8, 4) is 17.2 Å². The number of ether oxygens (including phenoxy) is 2. The zero-order chi connectivity index (χ0) is 18.0. The number of halogens is 1. The lowest BCUT2D eigenvalue weighted by Crippen LogP contribution is -2.23. The van der Waals surface area contributed by atoms with Gasteiger partial charge in [-0.25, -0.2) is 4.79 Å². The van der Waals surface area contributed by atoms with Crippen LogP contribution >= 0.6 is 11.6 Å². The first kappa shape index (κ1) is 17.0. The Morgan fingerprint density at radius 1 is 1.16 bits per heavy atom. The van der Waals surface area contributed by atoms with Crippen molar-refractivity contribution >= 4 is 11.6 Å². The SMILES string of the molecule is COc1cccc(-n2nnn(C)c2=O)c1COc1ccc(C)cc1Cl. The van der Waals surface area contributed by atoms with Gasteiger partial charge in [0.2, 0.25) is 0 Å². The maximum atomic E-state index is 12.2. The summed E-state index contributed by atoms with van der Waals surface area (Å²) in [7, 11) is 3.09. The molecular weight excluding hydrogens is 344 g/mol. The molecule has 0 saturated heterocycles. The molecule has 0 amide bonds. The number of hydrogen-bond donors (Lipinski definition) is 0. The van der Waals surface area contributed by atoms with Gasteiger partial charge in [-0.05, 0) is 47.2 Å². The molecule has 0 saturated carbocycles. The maximum absolute atomic E-state index is 12.2. The Morgan fingerprint density at radius 2 is 1.96 bits per heavy atom. The Kier molecular flexibility index (Phi) is 4.76. The van der Waals surface area contributed by atoms with Crippen LogP contribution in [0.5, 0.6) is 11.5 Å². The summed E-state index contributed by atoms with van der Waals surface area (Å²) in [6, 6.07) is 10.9. The van der Waals surface area contributed by atoms with Crippen LogP contribution in [0.2, 0.25) is 5.02 Å². The summed E-state index contributed by atoms with van der Waals surface area (Å²) in [6.45, 7) is 2.11. The Bertz CT molecular complexity index is 965. The van der Waals surface area contributed by atoms with E-state index in [0.717, 1.165) is 10.2 Å². The van der Waals surface area contributed by atoms with Gasteiger partial charge in [0, 0.05) is 7.05 Å². The van der Waals surface area contributed by atoms with Crippen molar-refractivity contribution in [3.05, 3.63) is 63.0 Å². The van der Waals surface area contributed by atoms with Gasteiger partial charge in [0.15, 0.2) is 0 Å². The first-order valence-electron chi connectivity index (χ1n) is 7.55. The van der Waals surface area contributed by atoms with Gasteiger partial charge in [-0.3, -0.25) is 0 Å². The van der Waals surface area contributed by atoms with E-state index in [4.69, 9.17) is 21.1 Å². The monoisotopic (exact) mass is 360 g/mol. The molecule has 7 nitrogen and oxygen atoms in total. The first-order valence-corrected chi connectivity index (χ1v) is 7.93. The molecule has 0 aliphatic carbocycles. The minimum absolute atomic E-state index is 0.158. The first-order chi connectivity index (χ1) is 12.0. The second-order valence-corrected chi connectivity index (χ2v) is 5.88. The van der Waals surface area contributed by atoms with Crippen LogP contribution in [0.15, 0.2) is 41.2 Å². The molecule has 3 rings (SSSR count). The number of aromatic nitrogens is 4. The molecule has 0 spiro atoms. The van der Waals surface area contributed by atoms with E-state index in [9.17, 15) is 4.79 Å². The maximum Gasteiger partial charge on any atom is 0.368 e. The van der Waals surface area contributed by atoms with Crippen LogP contribution in [-0.2, 0) is 13.7 Å². The molecule has 0 fully saturated rings. The Balaban J connectivity index is 1.99. The van der Waals surface area contributed by atoms with E-state index >= 15 is 0 Å². The summed E-state index contributed by atoms with van der Waals surface area (Å²) in [5.74, 6) is 1.13. The normalized spacial score (nSPS) is 10.7. The summed E-state index contributed by atoms with van der Waals surface area (Å²) in [5, 5.41) is 8.15. The Hall–Kier alpha value is -2.80. The zero-order valence-corrected chi connectivity index (χ0v) is 14.8. The van der Waals surface area contributed by atoms with E-state index in [0.29, 0.717) is 27.8 Å². The molecule has 1 heterocycles. The van der Waals surface area contributed by atoms with Gasteiger partial charge in [0.25, 0.3) is 0 Å². The minimum atomic E-state index is -0.358. The predicted octanol–water partition coefficient (Wildman–Crippen LogP) is 2.52. The van der Waals surface area contributed by atoms with Crippen LogP contribution in [0.3, 0.4) is 0 Å². The van der Waals surface area contributed by atoms with Crippen LogP contribution in [0.4, 0.5) is 0 Å². The number of hydrogen-bond acceptors (Lipinski definition) is 5. The van der Waals surface area contributed by atoms with Crippen molar-refractivity contribution in [2.75, 3.05) is 7.11 Å². The van der Waals surface area contributed by atoms with Crippen molar-refractivity contribution in [2.45, 2.75) is 13.5 Å². The van der Waals surface area contributed by atoms with E-state index in [1.54, 1.807) is 31.4 Å². The highest BCUT2D eigenvalue weighted by Crippen LogP contribution is 2.29. The average Bonchev–Trinajstić information content (AvgIpc) is 2.93. The predicted molar refractivity (Wildman–Crippen MR) is 93.7 cm³/mol. The highest BCUT2D eigenvalue weighted by atomic mass is 35.5. The number of aryl methyl sites for hydroxylation is 2. The number of benzene rings is 2. The average molecular weight is 361 g/mol. The Labute approximate surface area is 149 Å². The fraction of sp³-hybridized carbons (Fsp3) is 0.235. The molecule has 0 bridgehead atoms. The van der Waals surface area contributed by atoms with Crippen LogP contribution in [0, 0.1) is 6.92 Å². The van der Waals surface area contributed by atoms with Gasteiger partial charge < -0.3 is 9.47 Å². The molecular formula is C17H17ClN4O3. The molecule has 130 valence electrons. The van der Waals surface area contributed by atoms with Gasteiger partial charge >= 0.3 is 5.69 Å². The Morgan fingerprint density at radius 3 is 2.60 bits per heavy atom. The fourth-order valence-electron chi connectivity index (χ4n) is 2.43. The van der Waals surface area contributed by atoms with Crippen molar-refractivity contribution in [1.29, 1.82) is 0 Å². The second-order valence-electron chi connectivity index (χ2n) is 5.48. The van der Waals surface area contributed by atoms with E-state index in [1.807, 2.05) is 19.1 Å². The molecule has 0 atom stereocenters. The summed E-state index contributed by atoms with van der Waals surface area (Å²) in [5.41, 5.74) is 1.90. The summed E-state index contributed by atoms with van der Waals surface area (Å²) < 4.78 is 13.6. The quantitative estimate of drug-likeness (QED) is 0.699. The number of nitrogens with zero attached hydrogens (tertiary/aromatic N) is 4. The molecule has 0 N–H and O–H groups in total. The van der Waals surface area contributed by atoms with Gasteiger partial charge in [0.1, 0.15) is 18.1 Å². The minimum Gasteiger partial charge on any atom is -0.496 e. The number of rotatable bonds is 5. The topological polar surface area (TPSA) is 71.2 Å². The van der Waals surface area contributed by atoms with Crippen molar-refractivity contribution in [2.24, 2.45) is 7.05 Å². The van der Waals surface area contributed by atoms with Crippen LogP contribution in [-0.4, -0.2) is 26.9 Å². The van der Waals surface area contributed by atoms with Crippen LogP contribution < -0.4 is 15.2 Å². The zero-order valence-electron chi connectivity index (χ0n) is 14.1. The van der Waals surface area contributed by atoms with Crippen molar-refractivity contribution in [1.82, 2.24) is 19.8 Å². The van der Waals surface area contributed by atoms with Crippen molar-refractivity contribution in [3.63, 3.8) is 0 Å². The van der Waals surface area contributed by atoms with E-state index in [2.05, 4.69) is 10.4 Å². The molecule has 3 aromatic rings. The molecule has 0 aliphatic heterocycles. The smallest absolute Gasteiger partial charge is 0.368 e. The highest BCUT2D eigenvalue weighted by Gasteiger charge is 2.16. The van der Waals surface area contributed by atoms with E-state index in [1.165, 1.54) is 11.7 Å². The molecule has 0 unspecified atom stereocenters. The van der Waals surface area contributed by atoms with Crippen molar-refractivity contribution < 1.29 is 9.47 Å². The van der Waals surface area contributed by atoms with Gasteiger partial charge in [-0.2, -0.15) is 9.36 Å². The molecule has 1 aromatic heterocycles. The van der Waals surface area contributed by atoms with Crippen LogP contribution in [0.1, 0.15) is 11.1 Å². The van der Waals surface area contributed by atoms with Gasteiger partial charge in [-0.15, -0.1) is 0 Å². The number of tetrazole rings is 1. The third-order valence-corrected chi connectivity index (χ3v) is 4.03. The molecule has 0 aliphatic rings. The molecule has 2 aromatic carbocycles. The lowest BCUT2D eigenvalue weighted by molar-refractivity contribution is 0.296. The molecule has 0 radical (unpaired) electrons. The van der Waals surface area contributed by atoms with E-state index < -0.39 is 0 Å².